The van der Waals surface area contributed by atoms with Crippen molar-refractivity contribution >= 4 is 5.69 Å². The molecule has 1 N–H and O–H groups in total. The number of hydrogen-bond acceptors (Lipinski definition) is 5. The van der Waals surface area contributed by atoms with Gasteiger partial charge in [0.2, 0.25) is 0 Å². The Morgan fingerprint density at radius 2 is 1.32 bits per heavy atom. The van der Waals surface area contributed by atoms with Gasteiger partial charge in [0.1, 0.15) is 6.61 Å². The van der Waals surface area contributed by atoms with Crippen molar-refractivity contribution in [1.82, 2.24) is 0 Å². The number of hydrogen-bond donors (Lipinski definition) is 1. The van der Waals surface area contributed by atoms with E-state index in [-0.39, 0.29) is 0 Å². The molecule has 0 radical (unpaired) electrons. The summed E-state index contributed by atoms with van der Waals surface area (Å²) in [5, 5.41) is 3.27. The third-order valence-electron chi connectivity index (χ3n) is 2.65. The second-order valence-corrected chi connectivity index (χ2v) is 4.39. The number of para-hydroxylation sites is 1. The van der Waals surface area contributed by atoms with Crippen LogP contribution < -0.4 is 5.32 Å². The molecule has 0 aliphatic carbocycles. The lowest BCUT2D eigenvalue weighted by atomic mass is 10.3. The van der Waals surface area contributed by atoms with Crippen molar-refractivity contribution in [3.8, 4) is 12.3 Å². The molecule has 5 nitrogen and oxygen atoms in total. The molecule has 1 aromatic carbocycles. The van der Waals surface area contributed by atoms with Crippen LogP contribution in [0.4, 0.5) is 5.69 Å². The largest absolute Gasteiger partial charge is 0.383 e. The van der Waals surface area contributed by atoms with E-state index in [2.05, 4.69) is 11.2 Å². The fraction of sp³-hybridized carbons (Fsp3) is 0.529. The monoisotopic (exact) mass is 307 g/mol. The normalized spacial score (nSPS) is 10.3. The van der Waals surface area contributed by atoms with Gasteiger partial charge in [-0.25, -0.2) is 0 Å². The van der Waals surface area contributed by atoms with E-state index in [1.54, 1.807) is 0 Å². The fourth-order valence-corrected chi connectivity index (χ4v) is 1.61. The quantitative estimate of drug-likeness (QED) is 0.419. The zero-order valence-corrected chi connectivity index (χ0v) is 13.0. The predicted octanol–water partition coefficient (Wildman–Crippen LogP) is 1.80. The molecule has 0 bridgehead atoms. The van der Waals surface area contributed by atoms with Crippen molar-refractivity contribution in [3.63, 3.8) is 0 Å². The maximum Gasteiger partial charge on any atom is 0.107 e. The zero-order valence-electron chi connectivity index (χ0n) is 13.0. The van der Waals surface area contributed by atoms with Crippen molar-refractivity contribution < 1.29 is 18.9 Å². The lowest BCUT2D eigenvalue weighted by molar-refractivity contribution is 0.00248. The fourth-order valence-electron chi connectivity index (χ4n) is 1.61. The first-order valence-corrected chi connectivity index (χ1v) is 7.47. The molecule has 122 valence electrons. The minimum Gasteiger partial charge on any atom is -0.383 e. The molecule has 0 saturated heterocycles. The lowest BCUT2D eigenvalue weighted by Gasteiger charge is -2.08. The minimum atomic E-state index is 0.330. The molecule has 0 aliphatic heterocycles. The highest BCUT2D eigenvalue weighted by molar-refractivity contribution is 5.42. The topological polar surface area (TPSA) is 49.0 Å². The number of rotatable bonds is 14. The van der Waals surface area contributed by atoms with Crippen molar-refractivity contribution in [2.45, 2.75) is 0 Å². The lowest BCUT2D eigenvalue weighted by Crippen LogP contribution is -2.14. The molecular formula is C17H25NO4. The van der Waals surface area contributed by atoms with E-state index < -0.39 is 0 Å². The average molecular weight is 307 g/mol. The first-order valence-electron chi connectivity index (χ1n) is 7.47. The van der Waals surface area contributed by atoms with Gasteiger partial charge < -0.3 is 24.3 Å². The first kappa shape index (κ1) is 18.5. The Labute approximate surface area is 132 Å². The molecule has 0 amide bonds. The van der Waals surface area contributed by atoms with E-state index in [0.29, 0.717) is 52.9 Å². The van der Waals surface area contributed by atoms with Crippen LogP contribution >= 0.6 is 0 Å². The van der Waals surface area contributed by atoms with Crippen LogP contribution in [0.2, 0.25) is 0 Å². The highest BCUT2D eigenvalue weighted by Crippen LogP contribution is 2.03. The minimum absolute atomic E-state index is 0.330. The van der Waals surface area contributed by atoms with Gasteiger partial charge in [0.25, 0.3) is 0 Å². The predicted molar refractivity (Wildman–Crippen MR) is 87.0 cm³/mol. The molecule has 5 heteroatoms. The molecule has 22 heavy (non-hydrogen) atoms. The van der Waals surface area contributed by atoms with Crippen LogP contribution in [0.1, 0.15) is 0 Å². The zero-order chi connectivity index (χ0) is 15.7. The number of benzene rings is 1. The second kappa shape index (κ2) is 14.4. The molecule has 0 fully saturated rings. The van der Waals surface area contributed by atoms with Gasteiger partial charge in [-0.2, -0.15) is 0 Å². The Balaban J connectivity index is 1.74. The summed E-state index contributed by atoms with van der Waals surface area (Å²) in [6, 6.07) is 10.1. The third kappa shape index (κ3) is 11.1. The van der Waals surface area contributed by atoms with Gasteiger partial charge >= 0.3 is 0 Å². The standard InChI is InChI=1S/C17H25NO4/c1-2-9-19-11-13-21-15-16-22-14-12-20-10-8-18-17-6-4-3-5-7-17/h1,3-7,18H,8-16H2. The average Bonchev–Trinajstić information content (AvgIpc) is 2.56. The van der Waals surface area contributed by atoms with Crippen LogP contribution in [0.25, 0.3) is 0 Å². The summed E-state index contributed by atoms with van der Waals surface area (Å²) in [7, 11) is 0. The summed E-state index contributed by atoms with van der Waals surface area (Å²) >= 11 is 0. The van der Waals surface area contributed by atoms with Crippen molar-refractivity contribution in [3.05, 3.63) is 30.3 Å². The molecule has 0 heterocycles. The highest BCUT2D eigenvalue weighted by atomic mass is 16.6. The summed E-state index contributed by atoms with van der Waals surface area (Å²) < 4.78 is 21.2. The van der Waals surface area contributed by atoms with E-state index in [4.69, 9.17) is 25.4 Å². The van der Waals surface area contributed by atoms with Gasteiger partial charge in [0, 0.05) is 12.2 Å². The van der Waals surface area contributed by atoms with Crippen molar-refractivity contribution in [2.75, 3.05) is 64.7 Å². The molecule has 0 aliphatic rings. The van der Waals surface area contributed by atoms with Gasteiger partial charge in [-0.15, -0.1) is 6.42 Å². The summed E-state index contributed by atoms with van der Waals surface area (Å²) in [4.78, 5) is 0. The van der Waals surface area contributed by atoms with E-state index >= 15 is 0 Å². The van der Waals surface area contributed by atoms with Crippen molar-refractivity contribution in [1.29, 1.82) is 0 Å². The number of terminal acetylenes is 1. The van der Waals surface area contributed by atoms with E-state index in [1.807, 2.05) is 30.3 Å². The molecule has 0 spiro atoms. The maximum absolute atomic E-state index is 5.46. The SMILES string of the molecule is C#CCOCCOCCOCCOCCNc1ccccc1. The van der Waals surface area contributed by atoms with Gasteiger partial charge in [-0.1, -0.05) is 24.1 Å². The Morgan fingerprint density at radius 3 is 1.91 bits per heavy atom. The molecular weight excluding hydrogens is 282 g/mol. The summed E-state index contributed by atoms with van der Waals surface area (Å²) in [6.45, 7) is 5.08. The third-order valence-corrected chi connectivity index (χ3v) is 2.65. The smallest absolute Gasteiger partial charge is 0.107 e. The maximum atomic E-state index is 5.46. The Kier molecular flexibility index (Phi) is 12.1. The number of ether oxygens (including phenoxy) is 4. The van der Waals surface area contributed by atoms with Crippen LogP contribution in [-0.4, -0.2) is 59.4 Å². The summed E-state index contributed by atoms with van der Waals surface area (Å²) in [6.07, 6.45) is 5.05. The Hall–Kier alpha value is -1.58. The van der Waals surface area contributed by atoms with Gasteiger partial charge in [0.15, 0.2) is 0 Å². The Bertz CT molecular complexity index is 391. The van der Waals surface area contributed by atoms with Crippen LogP contribution in [0.3, 0.4) is 0 Å². The van der Waals surface area contributed by atoms with Crippen LogP contribution in [0, 0.1) is 12.3 Å². The Morgan fingerprint density at radius 1 is 0.773 bits per heavy atom. The molecule has 1 aromatic rings. The molecule has 0 aromatic heterocycles. The summed E-state index contributed by atoms with van der Waals surface area (Å²) in [5.41, 5.74) is 1.10. The van der Waals surface area contributed by atoms with E-state index in [9.17, 15) is 0 Å². The highest BCUT2D eigenvalue weighted by Gasteiger charge is 1.93. The van der Waals surface area contributed by atoms with Gasteiger partial charge in [-0.3, -0.25) is 0 Å². The second-order valence-electron chi connectivity index (χ2n) is 4.39. The van der Waals surface area contributed by atoms with Gasteiger partial charge in [0.05, 0.1) is 46.2 Å². The molecule has 0 unspecified atom stereocenters. The molecule has 1 rings (SSSR count). The van der Waals surface area contributed by atoms with Crippen LogP contribution in [0.5, 0.6) is 0 Å². The molecule has 0 saturated carbocycles. The first-order chi connectivity index (χ1) is 10.9. The summed E-state index contributed by atoms with van der Waals surface area (Å²) in [5.74, 6) is 2.40. The van der Waals surface area contributed by atoms with Crippen LogP contribution in [-0.2, 0) is 18.9 Å². The van der Waals surface area contributed by atoms with Crippen LogP contribution in [0.15, 0.2) is 30.3 Å². The van der Waals surface area contributed by atoms with E-state index in [1.165, 1.54) is 0 Å². The van der Waals surface area contributed by atoms with E-state index in [0.717, 1.165) is 12.2 Å². The van der Waals surface area contributed by atoms with Gasteiger partial charge in [-0.05, 0) is 12.1 Å². The molecule has 0 atom stereocenters. The van der Waals surface area contributed by atoms with Crippen molar-refractivity contribution in [2.24, 2.45) is 0 Å². The number of nitrogens with one attached hydrogen (secondary N) is 1. The number of anilines is 1.